The smallest absolute Gasteiger partial charge is 0.188 e. The molecule has 6 heteroatoms. The summed E-state index contributed by atoms with van der Waals surface area (Å²) in [4.78, 5) is 6.38. The normalized spacial score (nSPS) is 18.1. The third-order valence-electron chi connectivity index (χ3n) is 3.61. The zero-order chi connectivity index (χ0) is 15.6. The van der Waals surface area contributed by atoms with Gasteiger partial charge in [0.1, 0.15) is 0 Å². The van der Waals surface area contributed by atoms with E-state index in [-0.39, 0.29) is 0 Å². The van der Waals surface area contributed by atoms with E-state index in [0.29, 0.717) is 19.0 Å². The molecule has 0 amide bonds. The first-order chi connectivity index (χ1) is 10.7. The Bertz CT molecular complexity index is 447. The van der Waals surface area contributed by atoms with E-state index in [1.54, 1.807) is 0 Å². The zero-order valence-corrected chi connectivity index (χ0v) is 12.9. The van der Waals surface area contributed by atoms with Crippen LogP contribution in [-0.2, 0) is 11.2 Å². The van der Waals surface area contributed by atoms with Gasteiger partial charge in [-0.2, -0.15) is 0 Å². The highest BCUT2D eigenvalue weighted by Crippen LogP contribution is 1.99. The van der Waals surface area contributed by atoms with E-state index in [4.69, 9.17) is 10.5 Å². The van der Waals surface area contributed by atoms with Crippen molar-refractivity contribution < 1.29 is 9.84 Å². The van der Waals surface area contributed by atoms with Crippen LogP contribution in [0.2, 0.25) is 0 Å². The first kappa shape index (κ1) is 16.7. The lowest BCUT2D eigenvalue weighted by atomic mass is 10.1. The fraction of sp³-hybridized carbons (Fsp3) is 0.562. The van der Waals surface area contributed by atoms with E-state index >= 15 is 0 Å². The van der Waals surface area contributed by atoms with E-state index in [0.717, 1.165) is 39.3 Å². The van der Waals surface area contributed by atoms with Crippen molar-refractivity contribution in [2.75, 3.05) is 45.9 Å². The highest BCUT2D eigenvalue weighted by molar-refractivity contribution is 5.77. The van der Waals surface area contributed by atoms with Gasteiger partial charge in [-0.15, -0.1) is 0 Å². The van der Waals surface area contributed by atoms with Crippen LogP contribution in [-0.4, -0.2) is 68.0 Å². The number of aliphatic imine (C=N–C) groups is 1. The Balaban J connectivity index is 1.61. The minimum atomic E-state index is -0.493. The Morgan fingerprint density at radius 2 is 2.05 bits per heavy atom. The molecule has 1 aromatic rings. The molecule has 1 saturated heterocycles. The van der Waals surface area contributed by atoms with Crippen LogP contribution in [0, 0.1) is 0 Å². The number of β-amino-alcohol motifs (C(OH)–C–C–N with tert-alkyl or cyclic N) is 1. The lowest BCUT2D eigenvalue weighted by molar-refractivity contribution is 0.0165. The standard InChI is InChI=1S/C16H26N4O2/c17-16(18-7-6-14-4-2-1-3-5-14)19-12-15(21)13-20-8-10-22-11-9-20/h1-5,15,21H,6-13H2,(H3,17,18,19). The van der Waals surface area contributed by atoms with Crippen LogP contribution in [0.25, 0.3) is 0 Å². The second kappa shape index (κ2) is 9.40. The average molecular weight is 306 g/mol. The average Bonchev–Trinajstić information content (AvgIpc) is 2.55. The fourth-order valence-corrected chi connectivity index (χ4v) is 2.38. The van der Waals surface area contributed by atoms with Crippen LogP contribution >= 0.6 is 0 Å². The molecule has 0 aliphatic carbocycles. The van der Waals surface area contributed by atoms with E-state index in [9.17, 15) is 5.11 Å². The van der Waals surface area contributed by atoms with Crippen molar-refractivity contribution in [3.8, 4) is 0 Å². The third-order valence-corrected chi connectivity index (χ3v) is 3.61. The molecule has 1 atom stereocenters. The summed E-state index contributed by atoms with van der Waals surface area (Å²) in [5.74, 6) is 0.386. The second-order valence-electron chi connectivity index (χ2n) is 5.46. The Kier molecular flexibility index (Phi) is 7.15. The second-order valence-corrected chi connectivity index (χ2v) is 5.46. The monoisotopic (exact) mass is 306 g/mol. The van der Waals surface area contributed by atoms with Crippen LogP contribution in [0.1, 0.15) is 5.56 Å². The largest absolute Gasteiger partial charge is 0.390 e. The number of aliphatic hydroxyl groups is 1. The van der Waals surface area contributed by atoms with Crippen molar-refractivity contribution in [2.45, 2.75) is 12.5 Å². The van der Waals surface area contributed by atoms with E-state index in [2.05, 4.69) is 27.3 Å². The number of hydrogen-bond acceptors (Lipinski definition) is 4. The zero-order valence-electron chi connectivity index (χ0n) is 12.9. The molecule has 0 bridgehead atoms. The molecule has 1 fully saturated rings. The summed E-state index contributed by atoms with van der Waals surface area (Å²) in [5, 5.41) is 13.1. The Morgan fingerprint density at radius 1 is 1.32 bits per heavy atom. The van der Waals surface area contributed by atoms with Crippen LogP contribution in [0.4, 0.5) is 0 Å². The van der Waals surface area contributed by atoms with Gasteiger partial charge in [-0.25, -0.2) is 0 Å². The number of nitrogens with zero attached hydrogens (tertiary/aromatic N) is 2. The minimum absolute atomic E-state index is 0.321. The van der Waals surface area contributed by atoms with Crippen LogP contribution in [0.15, 0.2) is 35.3 Å². The van der Waals surface area contributed by atoms with Crippen LogP contribution in [0.5, 0.6) is 0 Å². The molecule has 4 N–H and O–H groups in total. The Hall–Kier alpha value is -1.63. The van der Waals surface area contributed by atoms with Gasteiger partial charge in [0.25, 0.3) is 0 Å². The fourth-order valence-electron chi connectivity index (χ4n) is 2.38. The quantitative estimate of drug-likeness (QED) is 0.481. The number of ether oxygens (including phenoxy) is 1. The molecule has 0 aromatic heterocycles. The summed E-state index contributed by atoms with van der Waals surface area (Å²) >= 11 is 0. The molecule has 1 unspecified atom stereocenters. The first-order valence-electron chi connectivity index (χ1n) is 7.80. The van der Waals surface area contributed by atoms with Crippen molar-refractivity contribution in [3.05, 3.63) is 35.9 Å². The number of nitrogens with two attached hydrogens (primary N) is 1. The van der Waals surface area contributed by atoms with E-state index in [1.807, 2.05) is 18.2 Å². The predicted octanol–water partition coefficient (Wildman–Crippen LogP) is -0.173. The molecule has 0 spiro atoms. The number of nitrogens with one attached hydrogen (secondary N) is 1. The van der Waals surface area contributed by atoms with Gasteiger partial charge < -0.3 is 20.9 Å². The van der Waals surface area contributed by atoms with Crippen molar-refractivity contribution in [1.29, 1.82) is 0 Å². The maximum Gasteiger partial charge on any atom is 0.188 e. The highest BCUT2D eigenvalue weighted by Gasteiger charge is 2.14. The minimum Gasteiger partial charge on any atom is -0.390 e. The van der Waals surface area contributed by atoms with Crippen LogP contribution in [0.3, 0.4) is 0 Å². The summed E-state index contributed by atoms with van der Waals surface area (Å²) in [6.45, 7) is 4.88. The molecule has 2 rings (SSSR count). The lowest BCUT2D eigenvalue weighted by Crippen LogP contribution is -2.42. The van der Waals surface area contributed by atoms with Gasteiger partial charge in [-0.3, -0.25) is 9.89 Å². The van der Waals surface area contributed by atoms with Crippen molar-refractivity contribution >= 4 is 5.96 Å². The molecule has 6 nitrogen and oxygen atoms in total. The molecule has 1 heterocycles. The maximum atomic E-state index is 9.98. The maximum absolute atomic E-state index is 9.98. The van der Waals surface area contributed by atoms with Crippen molar-refractivity contribution in [1.82, 2.24) is 10.2 Å². The summed E-state index contributed by atoms with van der Waals surface area (Å²) in [7, 11) is 0. The highest BCUT2D eigenvalue weighted by atomic mass is 16.5. The SMILES string of the molecule is NC(=NCC(O)CN1CCOCC1)NCCc1ccccc1. The Labute approximate surface area is 132 Å². The van der Waals surface area contributed by atoms with Gasteiger partial charge in [-0.05, 0) is 12.0 Å². The van der Waals surface area contributed by atoms with Gasteiger partial charge in [0.05, 0.1) is 25.9 Å². The number of benzene rings is 1. The molecule has 0 saturated carbocycles. The molecule has 22 heavy (non-hydrogen) atoms. The number of aliphatic hydroxyl groups excluding tert-OH is 1. The molecular weight excluding hydrogens is 280 g/mol. The topological polar surface area (TPSA) is 83.1 Å². The number of rotatable bonds is 7. The molecular formula is C16H26N4O2. The van der Waals surface area contributed by atoms with Gasteiger partial charge in [0, 0.05) is 26.2 Å². The molecule has 0 radical (unpaired) electrons. The molecule has 1 aromatic carbocycles. The Morgan fingerprint density at radius 3 is 2.77 bits per heavy atom. The van der Waals surface area contributed by atoms with Gasteiger partial charge in [-0.1, -0.05) is 30.3 Å². The van der Waals surface area contributed by atoms with Gasteiger partial charge in [0.15, 0.2) is 5.96 Å². The molecule has 1 aliphatic rings. The van der Waals surface area contributed by atoms with Gasteiger partial charge in [0.2, 0.25) is 0 Å². The summed E-state index contributed by atoms with van der Waals surface area (Å²) in [6, 6.07) is 10.2. The molecule has 1 aliphatic heterocycles. The molecule has 122 valence electrons. The van der Waals surface area contributed by atoms with E-state index < -0.39 is 6.10 Å². The summed E-state index contributed by atoms with van der Waals surface area (Å²) in [5.41, 5.74) is 7.07. The van der Waals surface area contributed by atoms with Crippen molar-refractivity contribution in [2.24, 2.45) is 10.7 Å². The number of hydrogen-bond donors (Lipinski definition) is 3. The lowest BCUT2D eigenvalue weighted by Gasteiger charge is -2.28. The predicted molar refractivity (Wildman–Crippen MR) is 87.9 cm³/mol. The third kappa shape index (κ3) is 6.43. The van der Waals surface area contributed by atoms with Gasteiger partial charge >= 0.3 is 0 Å². The summed E-state index contributed by atoms with van der Waals surface area (Å²) < 4.78 is 5.28. The summed E-state index contributed by atoms with van der Waals surface area (Å²) in [6.07, 6.45) is 0.403. The number of morpholine rings is 1. The van der Waals surface area contributed by atoms with Crippen molar-refractivity contribution in [3.63, 3.8) is 0 Å². The number of guanidine groups is 1. The first-order valence-corrected chi connectivity index (χ1v) is 7.80. The van der Waals surface area contributed by atoms with E-state index in [1.165, 1.54) is 5.56 Å². The van der Waals surface area contributed by atoms with Crippen LogP contribution < -0.4 is 11.1 Å².